The van der Waals surface area contributed by atoms with Gasteiger partial charge in [-0.05, 0) is 72.1 Å². The Morgan fingerprint density at radius 1 is 1.07 bits per heavy atom. The van der Waals surface area contributed by atoms with Crippen molar-refractivity contribution in [3.8, 4) is 16.9 Å². The maximum atomic E-state index is 13.5. The minimum absolute atomic E-state index is 0.0320. The van der Waals surface area contributed by atoms with Crippen molar-refractivity contribution in [2.45, 2.75) is 45.2 Å². The van der Waals surface area contributed by atoms with E-state index in [9.17, 15) is 13.9 Å². The van der Waals surface area contributed by atoms with Gasteiger partial charge in [0.05, 0.1) is 16.6 Å². The fourth-order valence-electron chi connectivity index (χ4n) is 4.70. The largest absolute Gasteiger partial charge is 0.487 e. The van der Waals surface area contributed by atoms with Gasteiger partial charge in [-0.2, -0.15) is 0 Å². The summed E-state index contributed by atoms with van der Waals surface area (Å²) in [5, 5.41) is 22.7. The van der Waals surface area contributed by atoms with Gasteiger partial charge in [0.15, 0.2) is 0 Å². The number of aliphatic hydroxyl groups is 1. The summed E-state index contributed by atoms with van der Waals surface area (Å²) < 4.78 is 34.2. The maximum Gasteiger partial charge on any atom is 0.141 e. The molecule has 2 heterocycles. The Morgan fingerprint density at radius 2 is 1.93 bits per heavy atom. The summed E-state index contributed by atoms with van der Waals surface area (Å²) in [6, 6.07) is 19.3. The van der Waals surface area contributed by atoms with Gasteiger partial charge in [0.2, 0.25) is 0 Å². The third-order valence-corrected chi connectivity index (χ3v) is 6.92. The van der Waals surface area contributed by atoms with Crippen LogP contribution in [0.2, 0.25) is 5.02 Å². The lowest BCUT2D eigenvalue weighted by atomic mass is 10.1. The molecule has 3 N–H and O–H groups in total. The first-order valence-electron chi connectivity index (χ1n) is 13.5. The van der Waals surface area contributed by atoms with Crippen molar-refractivity contribution in [2.24, 2.45) is 0 Å². The number of ether oxygens (including phenoxy) is 1. The Bertz CT molecular complexity index is 1710. The Hall–Kier alpha value is -4.34. The van der Waals surface area contributed by atoms with Gasteiger partial charge >= 0.3 is 0 Å². The predicted octanol–water partition coefficient (Wildman–Crippen LogP) is 7.73. The van der Waals surface area contributed by atoms with E-state index in [1.54, 1.807) is 24.3 Å². The number of benzene rings is 3. The van der Waals surface area contributed by atoms with E-state index in [2.05, 4.69) is 15.3 Å². The van der Waals surface area contributed by atoms with Crippen molar-refractivity contribution in [2.75, 3.05) is 5.32 Å². The van der Waals surface area contributed by atoms with Gasteiger partial charge in [0.25, 0.3) is 0 Å². The van der Waals surface area contributed by atoms with Gasteiger partial charge in [0, 0.05) is 48.6 Å². The highest BCUT2D eigenvalue weighted by Crippen LogP contribution is 2.32. The molecule has 42 heavy (non-hydrogen) atoms. The number of nitrogens with one attached hydrogen (secondary N) is 2. The van der Waals surface area contributed by atoms with Crippen molar-refractivity contribution in [3.63, 3.8) is 0 Å². The number of alkyl halides is 1. The highest BCUT2D eigenvalue weighted by atomic mass is 35.5. The zero-order chi connectivity index (χ0) is 29.6. The van der Waals surface area contributed by atoms with Gasteiger partial charge in [-0.25, -0.2) is 18.7 Å². The molecule has 0 amide bonds. The first kappa shape index (κ1) is 29.2. The molecule has 2 atom stereocenters. The lowest BCUT2D eigenvalue weighted by Gasteiger charge is -2.13. The molecule has 0 spiro atoms. The molecule has 7 nitrogen and oxygen atoms in total. The fourth-order valence-corrected chi connectivity index (χ4v) is 4.93. The summed E-state index contributed by atoms with van der Waals surface area (Å²) in [6.07, 6.45) is 3.57. The molecule has 5 aromatic rings. The zero-order valence-electron chi connectivity index (χ0n) is 22.9. The quantitative estimate of drug-likeness (QED) is 0.129. The van der Waals surface area contributed by atoms with E-state index in [-0.39, 0.29) is 31.0 Å². The molecule has 0 aliphatic rings. The molecule has 2 aromatic heterocycles. The third kappa shape index (κ3) is 7.48. The van der Waals surface area contributed by atoms with E-state index in [4.69, 9.17) is 21.7 Å². The van der Waals surface area contributed by atoms with Gasteiger partial charge in [-0.1, -0.05) is 29.8 Å². The van der Waals surface area contributed by atoms with E-state index in [1.165, 1.54) is 25.4 Å². The number of fused-ring (bicyclic) bond motifs is 1. The third-order valence-electron chi connectivity index (χ3n) is 6.63. The molecule has 0 aliphatic heterocycles. The summed E-state index contributed by atoms with van der Waals surface area (Å²) >= 11 is 6.48. The van der Waals surface area contributed by atoms with E-state index >= 15 is 0 Å². The average Bonchev–Trinajstić information content (AvgIpc) is 3.40. The van der Waals surface area contributed by atoms with Gasteiger partial charge < -0.3 is 25.1 Å². The summed E-state index contributed by atoms with van der Waals surface area (Å²) in [4.78, 5) is 8.84. The van der Waals surface area contributed by atoms with E-state index < -0.39 is 12.3 Å². The molecular formula is C32H30ClF2N5O2. The molecule has 0 fully saturated rings. The van der Waals surface area contributed by atoms with E-state index in [0.29, 0.717) is 34.4 Å². The molecule has 0 saturated carbocycles. The molecule has 0 radical (unpaired) electrons. The van der Waals surface area contributed by atoms with Gasteiger partial charge in [-0.15, -0.1) is 0 Å². The SMILES string of the molecule is C[C@@H](F)CC(=N)CC(O)Cn1ccc(-c2ccc3ncnc(Nc4ccc(OCc5cccc(F)c5)c(Cl)c4)c3c2)c1. The maximum absolute atomic E-state index is 13.5. The second-order valence-electron chi connectivity index (χ2n) is 10.2. The summed E-state index contributed by atoms with van der Waals surface area (Å²) in [7, 11) is 0. The second-order valence-corrected chi connectivity index (χ2v) is 10.6. The summed E-state index contributed by atoms with van der Waals surface area (Å²) in [5.41, 5.74) is 4.24. The first-order valence-corrected chi connectivity index (χ1v) is 13.8. The molecule has 10 heteroatoms. The first-order chi connectivity index (χ1) is 20.2. The Morgan fingerprint density at radius 3 is 2.71 bits per heavy atom. The van der Waals surface area contributed by atoms with Gasteiger partial charge in [0.1, 0.15) is 36.5 Å². The highest BCUT2D eigenvalue weighted by molar-refractivity contribution is 6.32. The van der Waals surface area contributed by atoms with Crippen LogP contribution in [0.3, 0.4) is 0 Å². The van der Waals surface area contributed by atoms with Gasteiger partial charge in [-0.3, -0.25) is 0 Å². The van der Waals surface area contributed by atoms with Crippen LogP contribution in [0.4, 0.5) is 20.3 Å². The molecular weight excluding hydrogens is 560 g/mol. The van der Waals surface area contributed by atoms with Crippen LogP contribution >= 0.6 is 11.6 Å². The van der Waals surface area contributed by atoms with Crippen LogP contribution in [0.1, 0.15) is 25.3 Å². The standard InChI is InChI=1S/C32H30ClF2N5O2/c1-20(34)11-25(36)14-27(41)17-40-10-9-23(16-40)22-5-7-30-28(13-22)32(38-19-37-30)39-26-6-8-31(29(33)15-26)42-18-21-3-2-4-24(35)12-21/h2-10,12-13,15-16,19-20,27,36,41H,11,14,17-18H2,1H3,(H,37,38,39)/t20-,27?/m1/s1. The Labute approximate surface area is 247 Å². The highest BCUT2D eigenvalue weighted by Gasteiger charge is 2.13. The lowest BCUT2D eigenvalue weighted by molar-refractivity contribution is 0.160. The number of nitrogens with zero attached hydrogens (tertiary/aromatic N) is 3. The molecule has 5 rings (SSSR count). The minimum atomic E-state index is -1.09. The molecule has 3 aromatic carbocycles. The predicted molar refractivity (Wildman–Crippen MR) is 162 cm³/mol. The van der Waals surface area contributed by atoms with Crippen molar-refractivity contribution in [3.05, 3.63) is 102 Å². The number of aliphatic hydroxyl groups excluding tert-OH is 1. The van der Waals surface area contributed by atoms with Crippen LogP contribution in [-0.4, -0.2) is 37.6 Å². The van der Waals surface area contributed by atoms with Crippen LogP contribution in [0.5, 0.6) is 5.75 Å². The van der Waals surface area contributed by atoms with Crippen molar-refractivity contribution < 1.29 is 18.6 Å². The monoisotopic (exact) mass is 589 g/mol. The van der Waals surface area contributed by atoms with Crippen LogP contribution in [0, 0.1) is 11.2 Å². The molecule has 216 valence electrons. The zero-order valence-corrected chi connectivity index (χ0v) is 23.7. The van der Waals surface area contributed by atoms with Crippen molar-refractivity contribution >= 4 is 39.7 Å². The summed E-state index contributed by atoms with van der Waals surface area (Å²) in [5.74, 6) is 0.753. The van der Waals surface area contributed by atoms with Crippen LogP contribution in [0.25, 0.3) is 22.0 Å². The lowest BCUT2D eigenvalue weighted by Crippen LogP contribution is -2.20. The normalized spacial score (nSPS) is 12.7. The van der Waals surface area contributed by atoms with Crippen LogP contribution in [0.15, 0.2) is 85.5 Å². The van der Waals surface area contributed by atoms with Crippen molar-refractivity contribution in [1.82, 2.24) is 14.5 Å². The number of hydrogen-bond acceptors (Lipinski definition) is 6. The molecule has 1 unspecified atom stereocenters. The molecule has 0 saturated heterocycles. The van der Waals surface area contributed by atoms with E-state index in [0.717, 1.165) is 22.0 Å². The minimum Gasteiger partial charge on any atom is -0.487 e. The molecule has 0 aliphatic carbocycles. The number of halogens is 3. The summed E-state index contributed by atoms with van der Waals surface area (Å²) in [6.45, 7) is 1.90. The second kappa shape index (κ2) is 13.1. The Kier molecular flexibility index (Phi) is 9.09. The molecule has 0 bridgehead atoms. The Balaban J connectivity index is 1.29. The topological polar surface area (TPSA) is 96.0 Å². The number of anilines is 2. The van der Waals surface area contributed by atoms with Crippen LogP contribution in [-0.2, 0) is 13.2 Å². The smallest absolute Gasteiger partial charge is 0.141 e. The van der Waals surface area contributed by atoms with Crippen molar-refractivity contribution in [1.29, 1.82) is 5.41 Å². The number of rotatable bonds is 12. The number of hydrogen-bond donors (Lipinski definition) is 3. The number of aromatic nitrogens is 3. The van der Waals surface area contributed by atoms with Crippen LogP contribution < -0.4 is 10.1 Å². The average molecular weight is 590 g/mol. The fraction of sp³-hybridized carbons (Fsp3) is 0.219. The van der Waals surface area contributed by atoms with E-state index in [1.807, 2.05) is 47.3 Å².